The number of aromatic nitrogens is 6. The zero-order valence-corrected chi connectivity index (χ0v) is 24.8. The standard InChI is InChI=1S/C14H9N4O.C12H6N3.2W/c1-8-17-14(18-19-8)9-2-3-11-10(4-9)5-13-12(11)6-15-7-16-13;1-13-9-2-3-10-8(4-9)5-12-11(10)6-14-7-15-12;;/h2-4,7H,5H2,1H3;2-4,7H,5H2;;/q2*-1;;. The van der Waals surface area contributed by atoms with Crippen LogP contribution in [0.3, 0.4) is 0 Å². The summed E-state index contributed by atoms with van der Waals surface area (Å²) in [6.07, 6.45) is 10.6. The number of aryl methyl sites for hydroxylation is 1. The molecule has 2 aromatic carbocycles. The molecule has 174 valence electrons. The summed E-state index contributed by atoms with van der Waals surface area (Å²) in [4.78, 5) is 24.0. The van der Waals surface area contributed by atoms with Crippen LogP contribution in [-0.2, 0) is 55.0 Å². The molecule has 0 radical (unpaired) electrons. The molecule has 36 heavy (non-hydrogen) atoms. The zero-order valence-electron chi connectivity index (χ0n) is 18.9. The average Bonchev–Trinajstić information content (AvgIpc) is 3.58. The maximum atomic E-state index is 6.96. The number of benzene rings is 2. The molecule has 5 aromatic rings. The van der Waals surface area contributed by atoms with Crippen molar-refractivity contribution in [3.8, 4) is 33.6 Å². The summed E-state index contributed by atoms with van der Waals surface area (Å²) in [6.45, 7) is 8.74. The molecule has 8 nitrogen and oxygen atoms in total. The third kappa shape index (κ3) is 4.69. The molecule has 2 aliphatic carbocycles. The molecule has 0 unspecified atom stereocenters. The quantitative estimate of drug-likeness (QED) is 0.224. The maximum absolute atomic E-state index is 6.96. The van der Waals surface area contributed by atoms with Gasteiger partial charge in [-0.2, -0.15) is 4.98 Å². The van der Waals surface area contributed by atoms with E-state index in [-0.39, 0.29) is 42.1 Å². The molecule has 3 heterocycles. The van der Waals surface area contributed by atoms with Gasteiger partial charge >= 0.3 is 0 Å². The van der Waals surface area contributed by atoms with E-state index in [1.54, 1.807) is 6.92 Å². The van der Waals surface area contributed by atoms with E-state index in [1.165, 1.54) is 18.2 Å². The van der Waals surface area contributed by atoms with Crippen LogP contribution in [0.25, 0.3) is 38.5 Å². The van der Waals surface area contributed by atoms with Crippen molar-refractivity contribution >= 4 is 5.69 Å². The molecule has 0 saturated carbocycles. The predicted molar refractivity (Wildman–Crippen MR) is 123 cm³/mol. The molecule has 10 heteroatoms. The Hall–Kier alpha value is -3.39. The zero-order chi connectivity index (χ0) is 23.1. The van der Waals surface area contributed by atoms with Crippen LogP contribution in [0, 0.1) is 25.9 Å². The summed E-state index contributed by atoms with van der Waals surface area (Å²) < 4.78 is 5.01. The first-order chi connectivity index (χ1) is 16.7. The van der Waals surface area contributed by atoms with Gasteiger partial charge in [-0.25, -0.2) is 4.85 Å². The van der Waals surface area contributed by atoms with E-state index in [2.05, 4.69) is 53.4 Å². The SMILES string of the molecule is Cc1nc(-c2ccc3c(c2)Cc2ncn[c-]c2-3)no1.[C-]#[N+]c1ccc2c(c1)Cc1ncn[c-]c1-2.[W].[W]. The van der Waals surface area contributed by atoms with E-state index in [1.807, 2.05) is 30.3 Å². The van der Waals surface area contributed by atoms with Crippen molar-refractivity contribution in [2.75, 3.05) is 0 Å². The summed E-state index contributed by atoms with van der Waals surface area (Å²) in [5, 5.41) is 3.94. The van der Waals surface area contributed by atoms with Crippen molar-refractivity contribution in [2.24, 2.45) is 0 Å². The summed E-state index contributed by atoms with van der Waals surface area (Å²) in [5.41, 5.74) is 10.2. The van der Waals surface area contributed by atoms with Gasteiger partial charge in [-0.05, 0) is 36.6 Å². The molecular formula is C26H15N7OW2-2. The van der Waals surface area contributed by atoms with Gasteiger partial charge in [0.05, 0.1) is 6.57 Å². The Labute approximate surface area is 236 Å². The fourth-order valence-electron chi connectivity index (χ4n) is 4.28. The Bertz CT molecular complexity index is 1610. The minimum atomic E-state index is 0. The second-order valence-electron chi connectivity index (χ2n) is 7.93. The Balaban J connectivity index is 0.000000164. The molecule has 7 rings (SSSR count). The van der Waals surface area contributed by atoms with Crippen LogP contribution in [0.1, 0.15) is 28.4 Å². The van der Waals surface area contributed by atoms with E-state index in [0.717, 1.165) is 57.6 Å². The fourth-order valence-corrected chi connectivity index (χ4v) is 4.28. The van der Waals surface area contributed by atoms with Crippen molar-refractivity contribution in [3.63, 3.8) is 0 Å². The van der Waals surface area contributed by atoms with Gasteiger partial charge in [-0.1, -0.05) is 57.7 Å². The first-order valence-electron chi connectivity index (χ1n) is 10.6. The third-order valence-corrected chi connectivity index (χ3v) is 5.84. The van der Waals surface area contributed by atoms with E-state index in [4.69, 9.17) is 11.1 Å². The molecule has 3 aromatic heterocycles. The van der Waals surface area contributed by atoms with Gasteiger partial charge in [0.25, 0.3) is 0 Å². The van der Waals surface area contributed by atoms with Gasteiger partial charge in [-0.15, -0.1) is 17.2 Å². The van der Waals surface area contributed by atoms with Crippen LogP contribution in [-0.4, -0.2) is 30.1 Å². The van der Waals surface area contributed by atoms with Crippen molar-refractivity contribution in [1.82, 2.24) is 30.1 Å². The Kier molecular flexibility index (Phi) is 7.64. The number of hydrogen-bond donors (Lipinski definition) is 0. The molecule has 0 atom stereocenters. The van der Waals surface area contributed by atoms with Crippen molar-refractivity contribution in [2.45, 2.75) is 19.8 Å². The van der Waals surface area contributed by atoms with E-state index >= 15 is 0 Å². The number of fused-ring (bicyclic) bond motifs is 6. The van der Waals surface area contributed by atoms with Crippen molar-refractivity contribution in [3.05, 3.63) is 101 Å². The van der Waals surface area contributed by atoms with Crippen LogP contribution >= 0.6 is 0 Å². The summed E-state index contributed by atoms with van der Waals surface area (Å²) in [7, 11) is 0. The maximum Gasteiger partial charge on any atom is 0.223 e. The molecule has 0 aliphatic heterocycles. The van der Waals surface area contributed by atoms with Gasteiger partial charge in [0, 0.05) is 67.3 Å². The molecule has 0 bridgehead atoms. The smallest absolute Gasteiger partial charge is 0.223 e. The van der Waals surface area contributed by atoms with E-state index in [0.29, 0.717) is 17.4 Å². The topological polar surface area (TPSA) is 94.8 Å². The summed E-state index contributed by atoms with van der Waals surface area (Å²) >= 11 is 0. The second-order valence-corrected chi connectivity index (χ2v) is 7.93. The minimum Gasteiger partial charge on any atom is -0.341 e. The monoisotopic (exact) mass is 809 g/mol. The largest absolute Gasteiger partial charge is 0.341 e. The second kappa shape index (κ2) is 10.7. The number of hydrogen-bond acceptors (Lipinski definition) is 7. The average molecular weight is 809 g/mol. The summed E-state index contributed by atoms with van der Waals surface area (Å²) in [6, 6.07) is 11.8. The fraction of sp³-hybridized carbons (Fsp3) is 0.115. The van der Waals surface area contributed by atoms with Gasteiger partial charge in [0.15, 0.2) is 5.69 Å². The molecule has 0 saturated heterocycles. The third-order valence-electron chi connectivity index (χ3n) is 5.84. The normalized spacial score (nSPS) is 11.3. The van der Waals surface area contributed by atoms with Crippen LogP contribution < -0.4 is 0 Å². The number of nitrogens with zero attached hydrogens (tertiary/aromatic N) is 7. The number of rotatable bonds is 1. The Morgan fingerprint density at radius 2 is 1.47 bits per heavy atom. The molecule has 0 N–H and O–H groups in total. The van der Waals surface area contributed by atoms with Crippen molar-refractivity contribution < 1.29 is 46.7 Å². The predicted octanol–water partition coefficient (Wildman–Crippen LogP) is 4.60. The Morgan fingerprint density at radius 1 is 0.861 bits per heavy atom. The van der Waals surface area contributed by atoms with E-state index in [9.17, 15) is 0 Å². The molecule has 0 spiro atoms. The van der Waals surface area contributed by atoms with Gasteiger partial charge in [0.1, 0.15) is 0 Å². The molecular weight excluding hydrogens is 794 g/mol. The molecule has 2 aliphatic rings. The Morgan fingerprint density at radius 3 is 2.06 bits per heavy atom. The molecule has 0 fully saturated rings. The van der Waals surface area contributed by atoms with Gasteiger partial charge < -0.3 is 24.5 Å². The van der Waals surface area contributed by atoms with Crippen molar-refractivity contribution in [1.29, 1.82) is 0 Å². The van der Waals surface area contributed by atoms with Crippen LogP contribution in [0.5, 0.6) is 0 Å². The molecule has 0 amide bonds. The summed E-state index contributed by atoms with van der Waals surface area (Å²) in [5.74, 6) is 1.18. The first kappa shape index (κ1) is 25.7. The van der Waals surface area contributed by atoms with Gasteiger partial charge in [-0.3, -0.25) is 0 Å². The minimum absolute atomic E-state index is 0. The van der Waals surface area contributed by atoms with Crippen LogP contribution in [0.2, 0.25) is 0 Å². The van der Waals surface area contributed by atoms with E-state index < -0.39 is 0 Å². The van der Waals surface area contributed by atoms with Crippen LogP contribution in [0.4, 0.5) is 5.69 Å². The first-order valence-corrected chi connectivity index (χ1v) is 10.6. The van der Waals surface area contributed by atoms with Gasteiger partial charge in [0.2, 0.25) is 11.7 Å². The van der Waals surface area contributed by atoms with Crippen LogP contribution in [0.15, 0.2) is 53.6 Å².